The number of benzene rings is 3. The van der Waals surface area contributed by atoms with E-state index in [4.69, 9.17) is 0 Å². The van der Waals surface area contributed by atoms with Gasteiger partial charge in [0.05, 0.1) is 16.7 Å². The molecule has 0 aliphatic heterocycles. The summed E-state index contributed by atoms with van der Waals surface area (Å²) < 4.78 is 4.50. The molecule has 0 saturated carbocycles. The summed E-state index contributed by atoms with van der Waals surface area (Å²) in [6.07, 6.45) is 1.15. The Labute approximate surface area is 243 Å². The van der Waals surface area contributed by atoms with Crippen LogP contribution >= 0.6 is 0 Å². The highest BCUT2D eigenvalue weighted by Gasteiger charge is 2.12. The van der Waals surface area contributed by atoms with Gasteiger partial charge in [-0.3, -0.25) is 4.68 Å². The van der Waals surface area contributed by atoms with Crippen molar-refractivity contribution in [1.29, 1.82) is 0 Å². The SMILES string of the molecule is CCc1c(C)cc(C)cc1C.CCn1c(C)c(C)c2cc(C)cc(C)c21.CCn1nc(C)c2cc(C)cc(C)c21. The summed E-state index contributed by atoms with van der Waals surface area (Å²) in [5.41, 5.74) is 17.8. The summed E-state index contributed by atoms with van der Waals surface area (Å²) in [7, 11) is 0. The lowest BCUT2D eigenvalue weighted by molar-refractivity contribution is 0.675. The van der Waals surface area contributed by atoms with Gasteiger partial charge in [-0.25, -0.2) is 0 Å². The van der Waals surface area contributed by atoms with Crippen LogP contribution in [0.5, 0.6) is 0 Å². The molecule has 0 saturated heterocycles. The zero-order chi connectivity index (χ0) is 29.9. The number of nitrogens with zero attached hydrogens (tertiary/aromatic N) is 3. The van der Waals surface area contributed by atoms with Crippen molar-refractivity contribution in [3.63, 3.8) is 0 Å². The molecule has 0 bridgehead atoms. The summed E-state index contributed by atoms with van der Waals surface area (Å²) in [5, 5.41) is 7.25. The molecule has 0 aliphatic rings. The Kier molecular flexibility index (Phi) is 10.1. The first kappa shape index (κ1) is 31.2. The predicted molar refractivity (Wildman–Crippen MR) is 176 cm³/mol. The lowest BCUT2D eigenvalue weighted by atomic mass is 9.98. The van der Waals surface area contributed by atoms with E-state index in [9.17, 15) is 0 Å². The summed E-state index contributed by atoms with van der Waals surface area (Å²) in [4.78, 5) is 0. The normalized spacial score (nSPS) is 10.9. The first-order valence-corrected chi connectivity index (χ1v) is 14.9. The van der Waals surface area contributed by atoms with Gasteiger partial charge in [0, 0.05) is 29.6 Å². The predicted octanol–water partition coefficient (Wildman–Crippen LogP) is 10.1. The van der Waals surface area contributed by atoms with E-state index in [0.29, 0.717) is 0 Å². The van der Waals surface area contributed by atoms with Crippen molar-refractivity contribution in [3.8, 4) is 0 Å². The average molecular weight is 538 g/mol. The molecule has 0 spiro atoms. The second-order valence-electron chi connectivity index (χ2n) is 11.5. The van der Waals surface area contributed by atoms with E-state index < -0.39 is 0 Å². The lowest BCUT2D eigenvalue weighted by Crippen LogP contribution is -1.97. The summed E-state index contributed by atoms with van der Waals surface area (Å²) in [6, 6.07) is 13.5. The van der Waals surface area contributed by atoms with E-state index in [1.165, 1.54) is 77.6 Å². The molecule has 5 rings (SSSR count). The fraction of sp³-hybridized carbons (Fsp3) is 0.432. The van der Waals surface area contributed by atoms with Gasteiger partial charge in [-0.15, -0.1) is 0 Å². The van der Waals surface area contributed by atoms with Crippen LogP contribution in [0.4, 0.5) is 0 Å². The molecule has 3 nitrogen and oxygen atoms in total. The van der Waals surface area contributed by atoms with Crippen LogP contribution in [0.2, 0.25) is 0 Å². The minimum atomic E-state index is 0.939. The van der Waals surface area contributed by atoms with E-state index >= 15 is 0 Å². The second kappa shape index (κ2) is 12.9. The summed E-state index contributed by atoms with van der Waals surface area (Å²) >= 11 is 0. The minimum absolute atomic E-state index is 0.939. The highest BCUT2D eigenvalue weighted by atomic mass is 15.3. The number of aromatic nitrogens is 3. The Morgan fingerprint density at radius 2 is 1.02 bits per heavy atom. The quantitative estimate of drug-likeness (QED) is 0.224. The van der Waals surface area contributed by atoms with Crippen molar-refractivity contribution in [2.24, 2.45) is 0 Å². The van der Waals surface area contributed by atoms with E-state index in [1.807, 2.05) is 0 Å². The number of hydrogen-bond acceptors (Lipinski definition) is 1. The van der Waals surface area contributed by atoms with Crippen LogP contribution in [0, 0.1) is 69.2 Å². The van der Waals surface area contributed by atoms with Gasteiger partial charge >= 0.3 is 0 Å². The molecule has 0 radical (unpaired) electrons. The third-order valence-electron chi connectivity index (χ3n) is 8.24. The molecule has 0 N–H and O–H groups in total. The highest BCUT2D eigenvalue weighted by Crippen LogP contribution is 2.29. The topological polar surface area (TPSA) is 22.8 Å². The molecule has 5 aromatic rings. The molecule has 2 aromatic heterocycles. The van der Waals surface area contributed by atoms with E-state index in [2.05, 4.69) is 141 Å². The standard InChI is InChI=1S/C14H19N.C12H16N2.C11H16/c1-6-15-12(5)11(4)13-8-9(2)7-10(3)14(13)15;1-5-14-12-9(3)6-8(2)7-11(12)10(4)13-14;1-5-11-9(3)6-8(2)7-10(11)4/h7-8H,6H2,1-5H3;6-7H,5H2,1-4H3;6-7H,5H2,1-4H3. The van der Waals surface area contributed by atoms with Crippen LogP contribution in [0.25, 0.3) is 21.8 Å². The Hall–Kier alpha value is -3.33. The zero-order valence-electron chi connectivity index (χ0n) is 27.4. The van der Waals surface area contributed by atoms with Crippen molar-refractivity contribution < 1.29 is 0 Å². The summed E-state index contributed by atoms with van der Waals surface area (Å²) in [5.74, 6) is 0. The Morgan fingerprint density at radius 3 is 1.52 bits per heavy atom. The molecule has 214 valence electrons. The van der Waals surface area contributed by atoms with E-state index in [-0.39, 0.29) is 0 Å². The van der Waals surface area contributed by atoms with Crippen LogP contribution in [-0.4, -0.2) is 14.3 Å². The van der Waals surface area contributed by atoms with Crippen LogP contribution < -0.4 is 0 Å². The van der Waals surface area contributed by atoms with E-state index in [1.54, 1.807) is 0 Å². The lowest BCUT2D eigenvalue weighted by Gasteiger charge is -2.08. The molecule has 0 unspecified atom stereocenters. The fourth-order valence-corrected chi connectivity index (χ4v) is 6.42. The molecule has 3 aromatic carbocycles. The largest absolute Gasteiger partial charge is 0.345 e. The van der Waals surface area contributed by atoms with Gasteiger partial charge in [-0.1, -0.05) is 47.9 Å². The molecule has 2 heterocycles. The number of hydrogen-bond donors (Lipinski definition) is 0. The van der Waals surface area contributed by atoms with Crippen LogP contribution in [0.1, 0.15) is 82.2 Å². The van der Waals surface area contributed by atoms with Gasteiger partial charge in [0.2, 0.25) is 0 Å². The van der Waals surface area contributed by atoms with Crippen molar-refractivity contribution in [1.82, 2.24) is 14.3 Å². The minimum Gasteiger partial charge on any atom is -0.345 e. The molecule has 0 aliphatic carbocycles. The third kappa shape index (κ3) is 6.35. The smallest absolute Gasteiger partial charge is 0.0714 e. The maximum Gasteiger partial charge on any atom is 0.0714 e. The first-order chi connectivity index (χ1) is 18.8. The maximum atomic E-state index is 4.53. The van der Waals surface area contributed by atoms with E-state index in [0.717, 1.165) is 25.2 Å². The number of rotatable bonds is 3. The van der Waals surface area contributed by atoms with Gasteiger partial charge in [-0.05, 0) is 135 Å². The molecule has 0 fully saturated rings. The fourth-order valence-electron chi connectivity index (χ4n) is 6.42. The Morgan fingerprint density at radius 1 is 0.550 bits per heavy atom. The molecular formula is C37H51N3. The molecule has 0 amide bonds. The van der Waals surface area contributed by atoms with Crippen LogP contribution in [0.3, 0.4) is 0 Å². The summed E-state index contributed by atoms with van der Waals surface area (Å²) in [6.45, 7) is 30.3. The third-order valence-corrected chi connectivity index (χ3v) is 8.24. The Balaban J connectivity index is 0.000000168. The van der Waals surface area contributed by atoms with Gasteiger partial charge in [0.15, 0.2) is 0 Å². The average Bonchev–Trinajstić information content (AvgIpc) is 3.33. The van der Waals surface area contributed by atoms with Gasteiger partial charge in [-0.2, -0.15) is 5.10 Å². The monoisotopic (exact) mass is 537 g/mol. The van der Waals surface area contributed by atoms with Gasteiger partial charge in [0.1, 0.15) is 0 Å². The van der Waals surface area contributed by atoms with Crippen LogP contribution in [0.15, 0.2) is 36.4 Å². The molecule has 40 heavy (non-hydrogen) atoms. The van der Waals surface area contributed by atoms with Crippen LogP contribution in [-0.2, 0) is 19.5 Å². The maximum absolute atomic E-state index is 4.53. The van der Waals surface area contributed by atoms with Crippen molar-refractivity contribution in [2.75, 3.05) is 0 Å². The second-order valence-corrected chi connectivity index (χ2v) is 11.5. The van der Waals surface area contributed by atoms with Crippen molar-refractivity contribution in [3.05, 3.63) is 97.9 Å². The first-order valence-electron chi connectivity index (χ1n) is 14.9. The molecule has 3 heteroatoms. The highest BCUT2D eigenvalue weighted by molar-refractivity contribution is 5.88. The zero-order valence-corrected chi connectivity index (χ0v) is 27.4. The number of fused-ring (bicyclic) bond motifs is 2. The number of aryl methyl sites for hydroxylation is 11. The van der Waals surface area contributed by atoms with Gasteiger partial charge < -0.3 is 4.57 Å². The molecule has 0 atom stereocenters. The Bertz CT molecular complexity index is 1620. The van der Waals surface area contributed by atoms with Crippen molar-refractivity contribution in [2.45, 2.75) is 110 Å². The van der Waals surface area contributed by atoms with Gasteiger partial charge in [0.25, 0.3) is 0 Å². The molecular weight excluding hydrogens is 486 g/mol. The van der Waals surface area contributed by atoms with Crippen molar-refractivity contribution >= 4 is 21.8 Å².